The lowest BCUT2D eigenvalue weighted by molar-refractivity contribution is -0.136. The SMILES string of the molecule is Nc1cncc(CNCc2cccc3c2C(=O)N(C2CCC(=O)NC2=O)C3)c1. The van der Waals surface area contributed by atoms with Crippen LogP contribution in [-0.4, -0.2) is 33.6 Å². The van der Waals surface area contributed by atoms with E-state index in [0.29, 0.717) is 37.3 Å². The second-order valence-electron chi connectivity index (χ2n) is 7.08. The Hall–Kier alpha value is -3.26. The van der Waals surface area contributed by atoms with E-state index < -0.39 is 11.9 Å². The first-order valence-electron chi connectivity index (χ1n) is 9.18. The van der Waals surface area contributed by atoms with Crippen LogP contribution in [0.1, 0.15) is 39.9 Å². The van der Waals surface area contributed by atoms with E-state index in [9.17, 15) is 14.4 Å². The molecule has 0 saturated carbocycles. The first kappa shape index (κ1) is 18.1. The highest BCUT2D eigenvalue weighted by molar-refractivity contribution is 6.05. The molecule has 3 heterocycles. The number of carbonyl (C=O) groups excluding carboxylic acids is 3. The zero-order chi connectivity index (χ0) is 19.7. The average molecular weight is 379 g/mol. The number of amides is 3. The maximum absolute atomic E-state index is 13.0. The van der Waals surface area contributed by atoms with Gasteiger partial charge in [0.1, 0.15) is 6.04 Å². The van der Waals surface area contributed by atoms with Crippen LogP contribution in [0.15, 0.2) is 36.7 Å². The summed E-state index contributed by atoms with van der Waals surface area (Å²) in [5.74, 6) is -0.842. The molecule has 1 fully saturated rings. The van der Waals surface area contributed by atoms with E-state index in [1.54, 1.807) is 17.3 Å². The van der Waals surface area contributed by atoms with Gasteiger partial charge in [0.2, 0.25) is 11.8 Å². The van der Waals surface area contributed by atoms with Gasteiger partial charge in [-0.3, -0.25) is 24.7 Å². The summed E-state index contributed by atoms with van der Waals surface area (Å²) in [5.41, 5.74) is 9.74. The molecule has 8 nitrogen and oxygen atoms in total. The maximum atomic E-state index is 13.0. The van der Waals surface area contributed by atoms with Gasteiger partial charge in [-0.05, 0) is 29.2 Å². The number of pyridine rings is 1. The number of nitrogen functional groups attached to an aromatic ring is 1. The van der Waals surface area contributed by atoms with Crippen molar-refractivity contribution in [2.45, 2.75) is 38.5 Å². The molecule has 1 aromatic carbocycles. The van der Waals surface area contributed by atoms with E-state index in [2.05, 4.69) is 15.6 Å². The Morgan fingerprint density at radius 2 is 2.07 bits per heavy atom. The lowest BCUT2D eigenvalue weighted by atomic mass is 10.0. The Morgan fingerprint density at radius 1 is 1.21 bits per heavy atom. The molecule has 0 aliphatic carbocycles. The zero-order valence-electron chi connectivity index (χ0n) is 15.3. The fraction of sp³-hybridized carbons (Fsp3) is 0.300. The van der Waals surface area contributed by atoms with E-state index >= 15 is 0 Å². The van der Waals surface area contributed by atoms with Crippen LogP contribution in [0.4, 0.5) is 5.69 Å². The molecule has 1 aromatic heterocycles. The summed E-state index contributed by atoms with van der Waals surface area (Å²) in [4.78, 5) is 42.2. The second kappa shape index (κ2) is 7.40. The number of aromatic nitrogens is 1. The van der Waals surface area contributed by atoms with E-state index in [0.717, 1.165) is 16.7 Å². The summed E-state index contributed by atoms with van der Waals surface area (Å²) in [6, 6.07) is 6.99. The monoisotopic (exact) mass is 379 g/mol. The van der Waals surface area contributed by atoms with Crippen LogP contribution in [0.2, 0.25) is 0 Å². The number of nitrogens with two attached hydrogens (primary N) is 1. The van der Waals surface area contributed by atoms with Crippen molar-refractivity contribution in [2.75, 3.05) is 5.73 Å². The van der Waals surface area contributed by atoms with Gasteiger partial charge in [-0.15, -0.1) is 0 Å². The number of nitrogens with zero attached hydrogens (tertiary/aromatic N) is 2. The number of hydrogen-bond donors (Lipinski definition) is 3. The van der Waals surface area contributed by atoms with E-state index in [1.165, 1.54) is 0 Å². The Kier molecular flexibility index (Phi) is 4.79. The van der Waals surface area contributed by atoms with Crippen LogP contribution in [0.3, 0.4) is 0 Å². The highest BCUT2D eigenvalue weighted by atomic mass is 16.2. The minimum absolute atomic E-state index is 0.160. The van der Waals surface area contributed by atoms with Gasteiger partial charge in [0, 0.05) is 44.0 Å². The highest BCUT2D eigenvalue weighted by Gasteiger charge is 2.39. The molecule has 8 heteroatoms. The molecule has 0 spiro atoms. The van der Waals surface area contributed by atoms with Gasteiger partial charge < -0.3 is 16.0 Å². The smallest absolute Gasteiger partial charge is 0.255 e. The molecule has 0 bridgehead atoms. The molecule has 2 aromatic rings. The molecule has 1 unspecified atom stereocenters. The summed E-state index contributed by atoms with van der Waals surface area (Å²) in [6.45, 7) is 1.47. The van der Waals surface area contributed by atoms with Gasteiger partial charge in [-0.25, -0.2) is 0 Å². The van der Waals surface area contributed by atoms with Crippen LogP contribution < -0.4 is 16.4 Å². The lowest BCUT2D eigenvalue weighted by Crippen LogP contribution is -2.52. The Balaban J connectivity index is 1.47. The van der Waals surface area contributed by atoms with Crippen LogP contribution in [-0.2, 0) is 29.2 Å². The Bertz CT molecular complexity index is 959. The predicted octanol–water partition coefficient (Wildman–Crippen LogP) is 0.715. The number of carbonyl (C=O) groups is 3. The number of nitrogens with one attached hydrogen (secondary N) is 2. The first-order chi connectivity index (χ1) is 13.5. The number of fused-ring (bicyclic) bond motifs is 1. The van der Waals surface area contributed by atoms with E-state index in [4.69, 9.17) is 5.73 Å². The zero-order valence-corrected chi connectivity index (χ0v) is 15.3. The van der Waals surface area contributed by atoms with Crippen molar-refractivity contribution in [3.63, 3.8) is 0 Å². The molecule has 144 valence electrons. The molecule has 4 rings (SSSR count). The minimum atomic E-state index is -0.600. The third kappa shape index (κ3) is 3.46. The van der Waals surface area contributed by atoms with Gasteiger partial charge >= 0.3 is 0 Å². The number of imide groups is 1. The summed E-state index contributed by atoms with van der Waals surface area (Å²) in [6.07, 6.45) is 3.95. The van der Waals surface area contributed by atoms with Crippen molar-refractivity contribution < 1.29 is 14.4 Å². The van der Waals surface area contributed by atoms with Crippen molar-refractivity contribution in [2.24, 2.45) is 0 Å². The summed E-state index contributed by atoms with van der Waals surface area (Å²) in [5, 5.41) is 5.64. The second-order valence-corrected chi connectivity index (χ2v) is 7.08. The Morgan fingerprint density at radius 3 is 2.86 bits per heavy atom. The van der Waals surface area contributed by atoms with Crippen LogP contribution >= 0.6 is 0 Å². The standard InChI is InChI=1S/C20H21N5O3/c21-15-6-12(8-23-10-15)7-22-9-13-2-1-3-14-11-25(20(28)18(13)14)16-4-5-17(26)24-19(16)27/h1-3,6,8,10,16,22H,4-5,7,9,11,21H2,(H,24,26,27). The molecule has 1 saturated heterocycles. The number of benzene rings is 1. The van der Waals surface area contributed by atoms with Crippen molar-refractivity contribution in [1.82, 2.24) is 20.5 Å². The van der Waals surface area contributed by atoms with Crippen LogP contribution in [0.5, 0.6) is 0 Å². The third-order valence-electron chi connectivity index (χ3n) is 5.10. The van der Waals surface area contributed by atoms with Gasteiger partial charge in [0.05, 0.1) is 5.69 Å². The van der Waals surface area contributed by atoms with E-state index in [-0.39, 0.29) is 18.2 Å². The van der Waals surface area contributed by atoms with Crippen LogP contribution in [0.25, 0.3) is 0 Å². The normalized spacial score (nSPS) is 18.9. The molecular weight excluding hydrogens is 358 g/mol. The van der Waals surface area contributed by atoms with Crippen molar-refractivity contribution in [1.29, 1.82) is 0 Å². The molecular formula is C20H21N5O3. The molecule has 28 heavy (non-hydrogen) atoms. The quantitative estimate of drug-likeness (QED) is 0.659. The van der Waals surface area contributed by atoms with Gasteiger partial charge in [0.25, 0.3) is 5.91 Å². The third-order valence-corrected chi connectivity index (χ3v) is 5.10. The fourth-order valence-corrected chi connectivity index (χ4v) is 3.78. The summed E-state index contributed by atoms with van der Waals surface area (Å²) < 4.78 is 0. The summed E-state index contributed by atoms with van der Waals surface area (Å²) >= 11 is 0. The van der Waals surface area contributed by atoms with Crippen molar-refractivity contribution >= 4 is 23.4 Å². The van der Waals surface area contributed by atoms with Gasteiger partial charge in [-0.1, -0.05) is 18.2 Å². The number of anilines is 1. The summed E-state index contributed by atoms with van der Waals surface area (Å²) in [7, 11) is 0. The number of piperidine rings is 1. The van der Waals surface area contributed by atoms with Gasteiger partial charge in [-0.2, -0.15) is 0 Å². The number of hydrogen-bond acceptors (Lipinski definition) is 6. The molecule has 0 radical (unpaired) electrons. The topological polar surface area (TPSA) is 117 Å². The number of rotatable bonds is 5. The molecule has 2 aliphatic rings. The molecule has 4 N–H and O–H groups in total. The lowest BCUT2D eigenvalue weighted by Gasteiger charge is -2.29. The highest BCUT2D eigenvalue weighted by Crippen LogP contribution is 2.29. The molecule has 1 atom stereocenters. The maximum Gasteiger partial charge on any atom is 0.255 e. The van der Waals surface area contributed by atoms with E-state index in [1.807, 2.05) is 24.3 Å². The first-order valence-corrected chi connectivity index (χ1v) is 9.18. The van der Waals surface area contributed by atoms with Crippen LogP contribution in [0, 0.1) is 0 Å². The minimum Gasteiger partial charge on any atom is -0.397 e. The molecule has 3 amide bonds. The van der Waals surface area contributed by atoms with Crippen molar-refractivity contribution in [3.8, 4) is 0 Å². The Labute approximate surface area is 162 Å². The largest absolute Gasteiger partial charge is 0.397 e. The van der Waals surface area contributed by atoms with Gasteiger partial charge in [0.15, 0.2) is 0 Å². The van der Waals surface area contributed by atoms with Crippen molar-refractivity contribution in [3.05, 3.63) is 58.9 Å². The fourth-order valence-electron chi connectivity index (χ4n) is 3.78. The molecule has 2 aliphatic heterocycles. The predicted molar refractivity (Wildman–Crippen MR) is 102 cm³/mol. The average Bonchev–Trinajstić information content (AvgIpc) is 2.99.